The minimum atomic E-state index is -3.93. The van der Waals surface area contributed by atoms with Gasteiger partial charge in [0.1, 0.15) is 0 Å². The zero-order valence-electron chi connectivity index (χ0n) is 36.8. The molecular weight excluding hydrogens is 872 g/mol. The second-order valence-corrected chi connectivity index (χ2v) is 26.1. The first kappa shape index (κ1) is 52.4. The van der Waals surface area contributed by atoms with E-state index in [2.05, 4.69) is 191 Å². The Morgan fingerprint density at radius 2 is 0.966 bits per heavy atom. The molecular formula is C52H61Cl2F3SiZr-2. The summed E-state index contributed by atoms with van der Waals surface area (Å²) in [5.74, 6) is 1.24. The number of allylic oxidation sites excluding steroid dienone is 4. The summed E-state index contributed by atoms with van der Waals surface area (Å²) in [6.07, 6.45) is 14.1. The molecule has 2 unspecified atom stereocenters. The van der Waals surface area contributed by atoms with Crippen molar-refractivity contribution in [3.05, 3.63) is 140 Å². The maximum absolute atomic E-state index is 11.4. The molecule has 0 radical (unpaired) electrons. The standard InChI is InChI=1S/2C24H27.C4H7F3Si.2ClH.Zr/c2*1-6-17(2)19-10-12-20(13-11-19)22-9-7-8-21-14-18(15-23(21)22)16-24(3,4)5;1-8-3-2-4(5,6)7;;;/h2*7-13,15-17H,6H2,1-5H3;2-3H2,1H3;2*1H;/q2*-1;;;;+2/p-2. The van der Waals surface area contributed by atoms with Gasteiger partial charge in [-0.15, -0.1) is 80.6 Å². The Morgan fingerprint density at radius 1 is 0.610 bits per heavy atom. The molecule has 4 aromatic carbocycles. The molecule has 0 aromatic heterocycles. The third-order valence-corrected chi connectivity index (χ3v) is 13.0. The van der Waals surface area contributed by atoms with Crippen LogP contribution in [0.2, 0.25) is 12.6 Å². The molecule has 4 aromatic rings. The van der Waals surface area contributed by atoms with Crippen molar-refractivity contribution in [2.24, 2.45) is 10.8 Å². The Balaban J connectivity index is 0.000000329. The maximum atomic E-state index is 11.4. The van der Waals surface area contributed by atoms with Gasteiger partial charge in [0.05, 0.1) is 0 Å². The van der Waals surface area contributed by atoms with Gasteiger partial charge in [-0.3, -0.25) is 0 Å². The van der Waals surface area contributed by atoms with E-state index in [0.717, 1.165) is 0 Å². The van der Waals surface area contributed by atoms with E-state index in [0.29, 0.717) is 17.9 Å². The van der Waals surface area contributed by atoms with Gasteiger partial charge in [0.25, 0.3) is 0 Å². The summed E-state index contributed by atoms with van der Waals surface area (Å²) in [4.78, 5) is 0. The maximum Gasteiger partial charge on any atom is -1.00 e. The summed E-state index contributed by atoms with van der Waals surface area (Å²) in [5.41, 5.74) is 10.1. The second kappa shape index (κ2) is 23.0. The summed E-state index contributed by atoms with van der Waals surface area (Å²) in [5, 5.41) is 5.00. The van der Waals surface area contributed by atoms with Crippen LogP contribution in [0.1, 0.15) is 111 Å². The summed E-state index contributed by atoms with van der Waals surface area (Å²) in [6.45, 7) is 24.4. The van der Waals surface area contributed by atoms with Crippen LogP contribution < -0.4 is 45.7 Å². The largest absolute Gasteiger partial charge is 1.00 e. The molecule has 2 aliphatic carbocycles. The Kier molecular flexibility index (Phi) is 20.4. The SMILES string of the molecule is CCC(C)c1ccc(-c2cccc3c2=CC(=CC(C)(C)C)[C-]=3)cc1.CCC(C)c1ccc(-c2cccc3c2=CC(=CC(C)(C)C)[C-]=3)cc1.C[Si](=[Zr+2])CCC(F)(F)F.[Cl-].[Cl-]. The number of hydrogen-bond acceptors (Lipinski definition) is 0. The first-order valence-corrected chi connectivity index (χ1v) is 26.3. The molecule has 6 rings (SSSR count). The first-order chi connectivity index (χ1) is 26.7. The number of alkyl halides is 3. The smallest absolute Gasteiger partial charge is 1.00 e. The second-order valence-electron chi connectivity index (χ2n) is 17.8. The van der Waals surface area contributed by atoms with E-state index in [-0.39, 0.29) is 35.6 Å². The van der Waals surface area contributed by atoms with Crippen molar-refractivity contribution in [2.45, 2.75) is 119 Å². The molecule has 2 aliphatic rings. The molecule has 0 bridgehead atoms. The van der Waals surface area contributed by atoms with Gasteiger partial charge in [0.2, 0.25) is 0 Å². The topological polar surface area (TPSA) is 0 Å². The van der Waals surface area contributed by atoms with E-state index in [1.165, 1.54) is 102 Å². The molecule has 0 aliphatic heterocycles. The summed E-state index contributed by atoms with van der Waals surface area (Å²) >= 11 is 1.29. The number of rotatable bonds is 8. The molecule has 2 atom stereocenters. The van der Waals surface area contributed by atoms with Crippen LogP contribution in [0.5, 0.6) is 0 Å². The minimum Gasteiger partial charge on any atom is -1.00 e. The van der Waals surface area contributed by atoms with Crippen LogP contribution in [-0.4, -0.2) is 11.6 Å². The molecule has 0 amide bonds. The predicted molar refractivity (Wildman–Crippen MR) is 238 cm³/mol. The van der Waals surface area contributed by atoms with Gasteiger partial charge in [0.15, 0.2) is 0 Å². The van der Waals surface area contributed by atoms with Crippen LogP contribution in [0.4, 0.5) is 13.2 Å². The Morgan fingerprint density at radius 3 is 1.24 bits per heavy atom. The predicted octanol–water partition coefficient (Wildman–Crippen LogP) is 6.70. The van der Waals surface area contributed by atoms with Crippen molar-refractivity contribution in [1.29, 1.82) is 0 Å². The van der Waals surface area contributed by atoms with E-state index in [4.69, 9.17) is 0 Å². The molecule has 0 spiro atoms. The molecule has 0 fully saturated rings. The van der Waals surface area contributed by atoms with Gasteiger partial charge >= 0.3 is 67.1 Å². The summed E-state index contributed by atoms with van der Waals surface area (Å²) < 4.78 is 34.3. The average molecular weight is 933 g/mol. The van der Waals surface area contributed by atoms with E-state index in [1.807, 2.05) is 6.55 Å². The Labute approximate surface area is 380 Å². The molecule has 59 heavy (non-hydrogen) atoms. The summed E-state index contributed by atoms with van der Waals surface area (Å²) in [7, 11) is 0. The van der Waals surface area contributed by atoms with E-state index in [9.17, 15) is 13.2 Å². The number of halogens is 5. The molecule has 0 saturated carbocycles. The van der Waals surface area contributed by atoms with Gasteiger partial charge in [-0.05, 0) is 57.8 Å². The van der Waals surface area contributed by atoms with Gasteiger partial charge in [-0.1, -0.05) is 153 Å². The van der Waals surface area contributed by atoms with Crippen molar-refractivity contribution in [1.82, 2.24) is 0 Å². The molecule has 0 nitrogen and oxygen atoms in total. The molecule has 7 heteroatoms. The van der Waals surface area contributed by atoms with E-state index >= 15 is 0 Å². The van der Waals surface area contributed by atoms with Crippen LogP contribution in [0.3, 0.4) is 0 Å². The fourth-order valence-corrected chi connectivity index (χ4v) is 8.31. The summed E-state index contributed by atoms with van der Waals surface area (Å²) in [6, 6.07) is 31.5. The van der Waals surface area contributed by atoms with Crippen LogP contribution in [0.25, 0.3) is 46.6 Å². The number of fused-ring (bicyclic) bond motifs is 2. The normalized spacial score (nSPS) is 15.2. The van der Waals surface area contributed by atoms with E-state index in [1.54, 1.807) is 0 Å². The van der Waals surface area contributed by atoms with Gasteiger partial charge < -0.3 is 24.8 Å². The van der Waals surface area contributed by atoms with Gasteiger partial charge in [0, 0.05) is 0 Å². The van der Waals surface area contributed by atoms with Crippen LogP contribution in [-0.2, 0) is 23.3 Å². The molecule has 0 N–H and O–H groups in total. The third kappa shape index (κ3) is 16.6. The van der Waals surface area contributed by atoms with Gasteiger partial charge in [-0.2, -0.15) is 0 Å². The Bertz CT molecular complexity index is 2170. The zero-order valence-corrected chi connectivity index (χ0v) is 41.7. The quantitative estimate of drug-likeness (QED) is 0.137. The molecule has 314 valence electrons. The van der Waals surface area contributed by atoms with Crippen molar-refractivity contribution >= 4 is 29.7 Å². The van der Waals surface area contributed by atoms with Crippen LogP contribution >= 0.6 is 0 Å². The number of hydrogen-bond donors (Lipinski definition) is 0. The monoisotopic (exact) mass is 930 g/mol. The van der Waals surface area contributed by atoms with Crippen LogP contribution in [0.15, 0.2) is 108 Å². The van der Waals surface area contributed by atoms with Crippen molar-refractivity contribution in [3.63, 3.8) is 0 Å². The minimum absolute atomic E-state index is 0. The molecule has 0 heterocycles. The third-order valence-electron chi connectivity index (χ3n) is 10.1. The van der Waals surface area contributed by atoms with Gasteiger partial charge in [-0.25, -0.2) is 0 Å². The first-order valence-electron chi connectivity index (χ1n) is 20.4. The fourth-order valence-electron chi connectivity index (χ4n) is 6.73. The van der Waals surface area contributed by atoms with Crippen molar-refractivity contribution in [2.75, 3.05) is 0 Å². The van der Waals surface area contributed by atoms with Crippen LogP contribution in [0, 0.1) is 10.8 Å². The fraction of sp³-hybridized carbons (Fsp3) is 0.385. The number of benzene rings is 4. The zero-order chi connectivity index (χ0) is 42.1. The average Bonchev–Trinajstić information content (AvgIpc) is 3.75. The Hall–Kier alpha value is -2.69. The van der Waals surface area contributed by atoms with E-state index < -0.39 is 18.0 Å². The molecule has 0 saturated heterocycles. The van der Waals surface area contributed by atoms with Crippen molar-refractivity contribution < 1.29 is 61.3 Å². The van der Waals surface area contributed by atoms with Crippen molar-refractivity contribution in [3.8, 4) is 22.3 Å².